The number of allylic oxidation sites excluding steroid dienone is 6. The van der Waals surface area contributed by atoms with Gasteiger partial charge in [-0.3, -0.25) is 19.2 Å². The largest absolute Gasteiger partial charge is 0.302 e. The summed E-state index contributed by atoms with van der Waals surface area (Å²) < 4.78 is 0. The van der Waals surface area contributed by atoms with Gasteiger partial charge in [0.25, 0.3) is 0 Å². The zero-order chi connectivity index (χ0) is 26.3. The van der Waals surface area contributed by atoms with E-state index in [1.807, 2.05) is 24.3 Å². The van der Waals surface area contributed by atoms with Gasteiger partial charge in [0.1, 0.15) is 10.8 Å². The Hall–Kier alpha value is -2.98. The average molecular weight is 529 g/mol. The van der Waals surface area contributed by atoms with Crippen molar-refractivity contribution in [1.29, 1.82) is 0 Å². The first-order valence-corrected chi connectivity index (χ1v) is 12.9. The van der Waals surface area contributed by atoms with Crippen molar-refractivity contribution in [1.82, 2.24) is 21.3 Å². The minimum atomic E-state index is -1.10. The molecular weight excluding hydrogens is 496 g/mol. The minimum Gasteiger partial charge on any atom is -0.302 e. The van der Waals surface area contributed by atoms with Crippen molar-refractivity contribution in [3.63, 3.8) is 0 Å². The first kappa shape index (κ1) is 27.6. The van der Waals surface area contributed by atoms with Crippen LogP contribution in [0.5, 0.6) is 0 Å². The van der Waals surface area contributed by atoms with Crippen molar-refractivity contribution < 1.29 is 19.2 Å². The maximum absolute atomic E-state index is 12.3. The van der Waals surface area contributed by atoms with Gasteiger partial charge in [-0.25, -0.2) is 0 Å². The number of rotatable bonds is 6. The summed E-state index contributed by atoms with van der Waals surface area (Å²) in [6.45, 7) is 7.33. The summed E-state index contributed by atoms with van der Waals surface area (Å²) in [6, 6.07) is 0. The zero-order valence-corrected chi connectivity index (χ0v) is 21.8. The molecule has 8 nitrogen and oxygen atoms in total. The molecule has 4 rings (SSSR count). The molecule has 0 aromatic carbocycles. The molecule has 192 valence electrons. The molecule has 0 saturated carbocycles. The van der Waals surface area contributed by atoms with Gasteiger partial charge in [0.05, 0.1) is 0 Å². The van der Waals surface area contributed by atoms with Crippen LogP contribution >= 0.6 is 24.4 Å². The molecule has 0 aromatic rings. The minimum absolute atomic E-state index is 0.0875. The van der Waals surface area contributed by atoms with Gasteiger partial charge in [-0.1, -0.05) is 36.5 Å². The molecule has 2 atom stereocenters. The van der Waals surface area contributed by atoms with E-state index in [-0.39, 0.29) is 45.7 Å². The molecule has 0 aromatic heterocycles. The Labute approximate surface area is 222 Å². The number of amides is 4. The second kappa shape index (κ2) is 11.8. The molecule has 0 bridgehead atoms. The van der Waals surface area contributed by atoms with Crippen molar-refractivity contribution >= 4 is 58.3 Å². The lowest BCUT2D eigenvalue weighted by molar-refractivity contribution is -0.148. The van der Waals surface area contributed by atoms with Gasteiger partial charge in [0.15, 0.2) is 10.2 Å². The van der Waals surface area contributed by atoms with Crippen LogP contribution in [0.15, 0.2) is 49.6 Å². The highest BCUT2D eigenvalue weighted by atomic mass is 32.1. The lowest BCUT2D eigenvalue weighted by Crippen LogP contribution is -2.64. The quantitative estimate of drug-likeness (QED) is 0.239. The van der Waals surface area contributed by atoms with E-state index >= 15 is 0 Å². The predicted molar refractivity (Wildman–Crippen MR) is 145 cm³/mol. The number of nitrogens with one attached hydrogen (secondary N) is 4. The molecule has 0 radical (unpaired) electrons. The van der Waals surface area contributed by atoms with E-state index in [1.54, 1.807) is 12.2 Å². The van der Waals surface area contributed by atoms with E-state index in [0.29, 0.717) is 12.8 Å². The Bertz CT molecular complexity index is 927. The van der Waals surface area contributed by atoms with Crippen molar-refractivity contribution in [2.24, 2.45) is 22.7 Å². The van der Waals surface area contributed by atoms with E-state index in [9.17, 15) is 19.2 Å². The third kappa shape index (κ3) is 5.24. The second-order valence-corrected chi connectivity index (χ2v) is 10.2. The van der Waals surface area contributed by atoms with E-state index in [0.717, 1.165) is 38.5 Å². The monoisotopic (exact) mass is 528 g/mol. The van der Waals surface area contributed by atoms with Crippen molar-refractivity contribution in [2.45, 2.75) is 51.4 Å². The van der Waals surface area contributed by atoms with Crippen molar-refractivity contribution in [3.8, 4) is 0 Å². The number of hydrogen-bond donors (Lipinski definition) is 4. The Kier molecular flexibility index (Phi) is 9.08. The van der Waals surface area contributed by atoms with Gasteiger partial charge in [-0.2, -0.15) is 0 Å². The number of carbonyl (C=O) groups excluding carboxylic acids is 4. The van der Waals surface area contributed by atoms with E-state index in [2.05, 4.69) is 34.4 Å². The Balaban J connectivity index is 0.000000201. The topological polar surface area (TPSA) is 116 Å². The predicted octanol–water partition coefficient (Wildman–Crippen LogP) is 2.87. The van der Waals surface area contributed by atoms with E-state index in [4.69, 9.17) is 24.4 Å². The highest BCUT2D eigenvalue weighted by Gasteiger charge is 2.54. The van der Waals surface area contributed by atoms with Crippen LogP contribution in [0, 0.1) is 22.7 Å². The summed E-state index contributed by atoms with van der Waals surface area (Å²) in [5.41, 5.74) is -2.19. The molecule has 2 aliphatic carbocycles. The van der Waals surface area contributed by atoms with Crippen LogP contribution in [0.2, 0.25) is 0 Å². The Morgan fingerprint density at radius 2 is 1.06 bits per heavy atom. The van der Waals surface area contributed by atoms with Crippen molar-refractivity contribution in [2.75, 3.05) is 0 Å². The highest BCUT2D eigenvalue weighted by molar-refractivity contribution is 7.80. The molecule has 2 saturated heterocycles. The number of carbonyl (C=O) groups is 4. The zero-order valence-electron chi connectivity index (χ0n) is 20.1. The maximum Gasteiger partial charge on any atom is 0.242 e. The fraction of sp³-hybridized carbons (Fsp3) is 0.462. The number of thiocarbonyl (C=S) groups is 2. The van der Waals surface area contributed by atoms with Gasteiger partial charge < -0.3 is 21.3 Å². The Morgan fingerprint density at radius 3 is 1.31 bits per heavy atom. The summed E-state index contributed by atoms with van der Waals surface area (Å²) in [4.78, 5) is 49.1. The van der Waals surface area contributed by atoms with Gasteiger partial charge in [-0.05, 0) is 75.8 Å². The lowest BCUT2D eigenvalue weighted by atomic mass is 9.67. The number of hydrogen-bond acceptors (Lipinski definition) is 6. The lowest BCUT2D eigenvalue weighted by Gasteiger charge is -2.40. The smallest absolute Gasteiger partial charge is 0.242 e. The van der Waals surface area contributed by atoms with Gasteiger partial charge in [-0.15, -0.1) is 13.2 Å². The maximum atomic E-state index is 12.3. The SMILES string of the molecule is C=CCC1(C2C=CCCC2)C(=O)NC(=S)NC1=O.C=CCC1(C2C=CCCC2)C(=O)NC(=S)NC1=O. The summed E-state index contributed by atoms with van der Waals surface area (Å²) in [6.07, 6.45) is 17.5. The van der Waals surface area contributed by atoms with Crippen LogP contribution < -0.4 is 21.3 Å². The summed E-state index contributed by atoms with van der Waals surface area (Å²) in [5.74, 6) is -1.43. The van der Waals surface area contributed by atoms with E-state index in [1.165, 1.54) is 0 Å². The molecule has 4 N–H and O–H groups in total. The molecular formula is C26H32N4O4S2. The fourth-order valence-corrected chi connectivity index (χ4v) is 5.75. The van der Waals surface area contributed by atoms with Crippen LogP contribution in [-0.2, 0) is 19.2 Å². The van der Waals surface area contributed by atoms with Crippen LogP contribution in [-0.4, -0.2) is 33.9 Å². The third-order valence-electron chi connectivity index (χ3n) is 7.24. The van der Waals surface area contributed by atoms with Crippen LogP contribution in [0.4, 0.5) is 0 Å². The third-order valence-corrected chi connectivity index (χ3v) is 7.64. The molecule has 2 unspecified atom stereocenters. The molecule has 2 fully saturated rings. The fourth-order valence-electron chi connectivity index (χ4n) is 5.38. The molecule has 2 heterocycles. The molecule has 4 aliphatic rings. The van der Waals surface area contributed by atoms with Crippen molar-refractivity contribution in [3.05, 3.63) is 49.6 Å². The first-order valence-electron chi connectivity index (χ1n) is 12.1. The van der Waals surface area contributed by atoms with Gasteiger partial charge in [0, 0.05) is 11.8 Å². The summed E-state index contributed by atoms with van der Waals surface area (Å²) in [7, 11) is 0. The van der Waals surface area contributed by atoms with Crippen LogP contribution in [0.1, 0.15) is 51.4 Å². The molecule has 36 heavy (non-hydrogen) atoms. The van der Waals surface area contributed by atoms with Gasteiger partial charge in [0.2, 0.25) is 23.6 Å². The average Bonchev–Trinajstić information content (AvgIpc) is 2.85. The standard InChI is InChI=1S/2C13H16N2O2S/c2*1-2-8-13(9-6-4-3-5-7-9)10(16)14-12(18)15-11(13)17/h2*2,4,6,9H,1,3,5,7-8H2,(H2,14,15,16,17,18). The first-order chi connectivity index (χ1) is 17.2. The Morgan fingerprint density at radius 1 is 0.722 bits per heavy atom. The van der Waals surface area contributed by atoms with E-state index < -0.39 is 10.8 Å². The van der Waals surface area contributed by atoms with Crippen LogP contribution in [0.25, 0.3) is 0 Å². The second-order valence-electron chi connectivity index (χ2n) is 9.33. The summed E-state index contributed by atoms with van der Waals surface area (Å²) in [5, 5.41) is 10.4. The highest BCUT2D eigenvalue weighted by Crippen LogP contribution is 2.41. The molecule has 0 spiro atoms. The normalized spacial score (nSPS) is 26.4. The summed E-state index contributed by atoms with van der Waals surface area (Å²) >= 11 is 9.68. The molecule has 2 aliphatic heterocycles. The molecule has 4 amide bonds. The molecule has 10 heteroatoms. The van der Waals surface area contributed by atoms with Crippen LogP contribution in [0.3, 0.4) is 0 Å². The van der Waals surface area contributed by atoms with Gasteiger partial charge >= 0.3 is 0 Å².